The van der Waals surface area contributed by atoms with Gasteiger partial charge in [-0.05, 0) is 31.2 Å². The van der Waals surface area contributed by atoms with Gasteiger partial charge in [-0.15, -0.1) is 0 Å². The number of nitrogens with one attached hydrogen (secondary N) is 1. The topological polar surface area (TPSA) is 90.1 Å². The summed E-state index contributed by atoms with van der Waals surface area (Å²) in [5.41, 5.74) is 2.19. The minimum atomic E-state index is -0.264. The minimum absolute atomic E-state index is 0.264. The molecule has 2 heterocycles. The van der Waals surface area contributed by atoms with Gasteiger partial charge in [-0.2, -0.15) is 8.75 Å². The van der Waals surface area contributed by atoms with Crippen LogP contribution in [-0.4, -0.2) is 19.8 Å². The molecule has 1 N–H and O–H groups in total. The number of nitrogens with zero attached hydrogens (tertiary/aromatic N) is 3. The highest BCUT2D eigenvalue weighted by atomic mass is 32.1. The molecule has 2 aromatic heterocycles. The SMILES string of the molecule is Cc1nsnc1COc1ccc(C(=O)Nc2ccon2)cc1. The first-order valence-corrected chi connectivity index (χ1v) is 7.18. The molecule has 7 nitrogen and oxygen atoms in total. The Morgan fingerprint density at radius 2 is 2.09 bits per heavy atom. The number of rotatable bonds is 5. The summed E-state index contributed by atoms with van der Waals surface area (Å²) in [6.45, 7) is 2.24. The van der Waals surface area contributed by atoms with Gasteiger partial charge in [0.05, 0.1) is 17.4 Å². The van der Waals surface area contributed by atoms with E-state index in [2.05, 4.69) is 23.7 Å². The minimum Gasteiger partial charge on any atom is -0.487 e. The van der Waals surface area contributed by atoms with Crippen molar-refractivity contribution in [3.05, 3.63) is 53.5 Å². The number of hydrogen-bond acceptors (Lipinski definition) is 7. The summed E-state index contributed by atoms with van der Waals surface area (Å²) in [6.07, 6.45) is 1.39. The fourth-order valence-corrected chi connectivity index (χ4v) is 2.25. The molecule has 0 radical (unpaired) electrons. The van der Waals surface area contributed by atoms with Crippen molar-refractivity contribution < 1.29 is 14.1 Å². The van der Waals surface area contributed by atoms with Crippen molar-refractivity contribution in [3.8, 4) is 5.75 Å². The van der Waals surface area contributed by atoms with Crippen LogP contribution in [0.4, 0.5) is 5.82 Å². The molecule has 0 spiro atoms. The largest absolute Gasteiger partial charge is 0.487 e. The number of ether oxygens (including phenoxy) is 1. The number of benzene rings is 1. The van der Waals surface area contributed by atoms with E-state index in [4.69, 9.17) is 4.74 Å². The van der Waals surface area contributed by atoms with Crippen molar-refractivity contribution in [2.75, 3.05) is 5.32 Å². The summed E-state index contributed by atoms with van der Waals surface area (Å²) < 4.78 is 18.5. The van der Waals surface area contributed by atoms with E-state index in [1.54, 1.807) is 30.3 Å². The molecule has 22 heavy (non-hydrogen) atoms. The van der Waals surface area contributed by atoms with Crippen LogP contribution in [0.1, 0.15) is 21.7 Å². The zero-order chi connectivity index (χ0) is 15.4. The van der Waals surface area contributed by atoms with Gasteiger partial charge in [-0.25, -0.2) is 0 Å². The maximum atomic E-state index is 12.0. The van der Waals surface area contributed by atoms with Crippen LogP contribution in [-0.2, 0) is 6.61 Å². The predicted molar refractivity (Wildman–Crippen MR) is 79.9 cm³/mol. The third-order valence-corrected chi connectivity index (χ3v) is 3.58. The Bertz CT molecular complexity index is 753. The molecule has 0 atom stereocenters. The molecule has 112 valence electrons. The molecule has 0 fully saturated rings. The smallest absolute Gasteiger partial charge is 0.256 e. The first-order valence-electron chi connectivity index (χ1n) is 6.45. The van der Waals surface area contributed by atoms with Crippen LogP contribution in [0.5, 0.6) is 5.75 Å². The van der Waals surface area contributed by atoms with Gasteiger partial charge in [0.25, 0.3) is 5.91 Å². The van der Waals surface area contributed by atoms with E-state index in [-0.39, 0.29) is 5.91 Å². The maximum Gasteiger partial charge on any atom is 0.256 e. The number of hydrogen-bond donors (Lipinski definition) is 1. The molecule has 0 aliphatic carbocycles. The molecular weight excluding hydrogens is 304 g/mol. The van der Waals surface area contributed by atoms with Crippen LogP contribution < -0.4 is 10.1 Å². The first-order chi connectivity index (χ1) is 10.7. The monoisotopic (exact) mass is 316 g/mol. The van der Waals surface area contributed by atoms with Crippen LogP contribution in [0.2, 0.25) is 0 Å². The van der Waals surface area contributed by atoms with Crippen molar-refractivity contribution in [1.82, 2.24) is 13.9 Å². The van der Waals surface area contributed by atoms with Gasteiger partial charge in [-0.1, -0.05) is 5.16 Å². The lowest BCUT2D eigenvalue weighted by molar-refractivity contribution is 0.102. The Balaban J connectivity index is 1.60. The highest BCUT2D eigenvalue weighted by Gasteiger charge is 2.08. The third kappa shape index (κ3) is 3.29. The summed E-state index contributed by atoms with van der Waals surface area (Å²) in [6, 6.07) is 8.38. The molecule has 0 aliphatic heterocycles. The Labute approximate surface area is 130 Å². The first kappa shape index (κ1) is 14.2. The van der Waals surface area contributed by atoms with Crippen molar-refractivity contribution in [2.45, 2.75) is 13.5 Å². The molecule has 0 aliphatic rings. The number of aryl methyl sites for hydroxylation is 1. The Kier molecular flexibility index (Phi) is 4.10. The summed E-state index contributed by atoms with van der Waals surface area (Å²) >= 11 is 1.16. The molecular formula is C14H12N4O3S. The lowest BCUT2D eigenvalue weighted by Crippen LogP contribution is -2.11. The molecule has 1 amide bonds. The predicted octanol–water partition coefficient (Wildman–Crippen LogP) is 2.67. The summed E-state index contributed by atoms with van der Waals surface area (Å²) in [4.78, 5) is 12.0. The van der Waals surface area contributed by atoms with Crippen LogP contribution in [0, 0.1) is 6.92 Å². The number of carbonyl (C=O) groups is 1. The average molecular weight is 316 g/mol. The van der Waals surface area contributed by atoms with E-state index in [0.29, 0.717) is 23.7 Å². The lowest BCUT2D eigenvalue weighted by atomic mass is 10.2. The van der Waals surface area contributed by atoms with E-state index in [9.17, 15) is 4.79 Å². The summed E-state index contributed by atoms with van der Waals surface area (Å²) in [7, 11) is 0. The maximum absolute atomic E-state index is 12.0. The van der Waals surface area contributed by atoms with Crippen LogP contribution in [0.3, 0.4) is 0 Å². The van der Waals surface area contributed by atoms with E-state index in [1.807, 2.05) is 6.92 Å². The van der Waals surface area contributed by atoms with Crippen molar-refractivity contribution in [3.63, 3.8) is 0 Å². The van der Waals surface area contributed by atoms with Gasteiger partial charge in [-0.3, -0.25) is 4.79 Å². The fourth-order valence-electron chi connectivity index (χ4n) is 1.70. The van der Waals surface area contributed by atoms with Gasteiger partial charge in [0.2, 0.25) is 0 Å². The van der Waals surface area contributed by atoms with Gasteiger partial charge in [0.1, 0.15) is 24.3 Å². The second kappa shape index (κ2) is 6.35. The zero-order valence-corrected chi connectivity index (χ0v) is 12.5. The lowest BCUT2D eigenvalue weighted by Gasteiger charge is -2.06. The molecule has 1 aromatic carbocycles. The molecule has 3 aromatic rings. The highest BCUT2D eigenvalue weighted by Crippen LogP contribution is 2.16. The Morgan fingerprint density at radius 1 is 1.27 bits per heavy atom. The second-order valence-corrected chi connectivity index (χ2v) is 4.98. The number of carbonyl (C=O) groups excluding carboxylic acids is 1. The van der Waals surface area contributed by atoms with Gasteiger partial charge >= 0.3 is 0 Å². The quantitative estimate of drug-likeness (QED) is 0.778. The molecule has 0 unspecified atom stereocenters. The standard InChI is InChI=1S/C14H12N4O3S/c1-9-12(18-22-17-9)8-20-11-4-2-10(3-5-11)14(19)15-13-6-7-21-16-13/h2-7H,8H2,1H3,(H,15,16,19). The molecule has 8 heteroatoms. The number of amides is 1. The molecule has 0 saturated carbocycles. The van der Waals surface area contributed by atoms with Crippen LogP contribution in [0.15, 0.2) is 41.1 Å². The van der Waals surface area contributed by atoms with E-state index < -0.39 is 0 Å². The van der Waals surface area contributed by atoms with E-state index >= 15 is 0 Å². The average Bonchev–Trinajstić information content (AvgIpc) is 3.17. The normalized spacial score (nSPS) is 10.4. The molecule has 3 rings (SSSR count). The zero-order valence-electron chi connectivity index (χ0n) is 11.6. The highest BCUT2D eigenvalue weighted by molar-refractivity contribution is 6.99. The molecule has 0 bridgehead atoms. The van der Waals surface area contributed by atoms with E-state index in [1.165, 1.54) is 6.26 Å². The van der Waals surface area contributed by atoms with Crippen molar-refractivity contribution in [2.24, 2.45) is 0 Å². The summed E-state index contributed by atoms with van der Waals surface area (Å²) in [5.74, 6) is 0.766. The third-order valence-electron chi connectivity index (χ3n) is 2.92. The van der Waals surface area contributed by atoms with Crippen molar-refractivity contribution >= 4 is 23.5 Å². The van der Waals surface area contributed by atoms with Crippen LogP contribution in [0.25, 0.3) is 0 Å². The Morgan fingerprint density at radius 3 is 2.73 bits per heavy atom. The van der Waals surface area contributed by atoms with Gasteiger partial charge in [0, 0.05) is 11.6 Å². The number of aromatic nitrogens is 3. The second-order valence-electron chi connectivity index (χ2n) is 4.45. The fraction of sp³-hybridized carbons (Fsp3) is 0.143. The van der Waals surface area contributed by atoms with E-state index in [0.717, 1.165) is 23.1 Å². The van der Waals surface area contributed by atoms with Crippen molar-refractivity contribution in [1.29, 1.82) is 0 Å². The van der Waals surface area contributed by atoms with Crippen LogP contribution >= 0.6 is 11.7 Å². The molecule has 0 saturated heterocycles. The Hall–Kier alpha value is -2.74. The van der Waals surface area contributed by atoms with Gasteiger partial charge in [0.15, 0.2) is 5.82 Å². The van der Waals surface area contributed by atoms with Gasteiger partial charge < -0.3 is 14.6 Å². The summed E-state index contributed by atoms with van der Waals surface area (Å²) in [5, 5.41) is 6.24. The number of anilines is 1.